The van der Waals surface area contributed by atoms with Crippen molar-refractivity contribution in [1.82, 2.24) is 10.3 Å². The molecule has 0 saturated carbocycles. The molecule has 4 N–H and O–H groups in total. The average molecular weight is 386 g/mol. The van der Waals surface area contributed by atoms with Gasteiger partial charge in [0.2, 0.25) is 0 Å². The first-order chi connectivity index (χ1) is 13.1. The average Bonchev–Trinajstić information content (AvgIpc) is 3.23. The van der Waals surface area contributed by atoms with Gasteiger partial charge in [0.25, 0.3) is 5.91 Å². The van der Waals surface area contributed by atoms with Crippen LogP contribution in [0.1, 0.15) is 50.7 Å². The Kier molecular flexibility index (Phi) is 6.35. The zero-order chi connectivity index (χ0) is 21.1. The van der Waals surface area contributed by atoms with Gasteiger partial charge in [0.05, 0.1) is 11.8 Å². The third-order valence-electron chi connectivity index (χ3n) is 4.28. The van der Waals surface area contributed by atoms with Crippen LogP contribution < -0.4 is 11.1 Å². The number of aromatic carboxylic acids is 1. The summed E-state index contributed by atoms with van der Waals surface area (Å²) >= 11 is 0. The maximum Gasteiger partial charge on any atom is 0.338 e. The van der Waals surface area contributed by atoms with Gasteiger partial charge in [-0.1, -0.05) is 27.7 Å². The Morgan fingerprint density at radius 1 is 1.25 bits per heavy atom. The van der Waals surface area contributed by atoms with Gasteiger partial charge in [0, 0.05) is 0 Å². The molecule has 2 aromatic rings. The molecule has 0 fully saturated rings. The number of nitrogens with two attached hydrogens (primary N) is 1. The van der Waals surface area contributed by atoms with Gasteiger partial charge in [-0.15, -0.1) is 0 Å². The van der Waals surface area contributed by atoms with E-state index in [0.717, 1.165) is 0 Å². The lowest BCUT2D eigenvalue weighted by atomic mass is 9.89. The molecular formula is C20H26N4O4. The van der Waals surface area contributed by atoms with E-state index in [1.807, 2.05) is 27.7 Å². The maximum absolute atomic E-state index is 12.3. The van der Waals surface area contributed by atoms with Gasteiger partial charge < -0.3 is 20.6 Å². The highest BCUT2D eigenvalue weighted by atomic mass is 16.4. The van der Waals surface area contributed by atoms with Crippen LogP contribution in [0.15, 0.2) is 39.9 Å². The Hall–Kier alpha value is -3.00. The highest BCUT2D eigenvalue weighted by Gasteiger charge is 2.43. The van der Waals surface area contributed by atoms with E-state index in [9.17, 15) is 14.7 Å². The van der Waals surface area contributed by atoms with E-state index in [-0.39, 0.29) is 28.9 Å². The summed E-state index contributed by atoms with van der Waals surface area (Å²) in [5.74, 6) is -0.782. The number of hydrogen-bond acceptors (Lipinski definition) is 6. The Morgan fingerprint density at radius 3 is 2.36 bits per heavy atom. The first kappa shape index (κ1) is 21.3. The van der Waals surface area contributed by atoms with Crippen LogP contribution in [0.2, 0.25) is 0 Å². The molecule has 1 aliphatic rings. The number of amidine groups is 1. The molecule has 3 rings (SSSR count). The van der Waals surface area contributed by atoms with Crippen molar-refractivity contribution in [2.45, 2.75) is 46.2 Å². The third kappa shape index (κ3) is 4.45. The zero-order valence-corrected chi connectivity index (χ0v) is 16.7. The van der Waals surface area contributed by atoms with Gasteiger partial charge in [-0.25, -0.2) is 14.8 Å². The van der Waals surface area contributed by atoms with Gasteiger partial charge >= 0.3 is 5.97 Å². The fourth-order valence-electron chi connectivity index (χ4n) is 2.42. The van der Waals surface area contributed by atoms with Crippen molar-refractivity contribution in [1.29, 1.82) is 0 Å². The fraction of sp³-hybridized carbons (Fsp3) is 0.400. The molecule has 2 aromatic heterocycles. The second kappa shape index (κ2) is 8.35. The Bertz CT molecular complexity index is 885. The lowest BCUT2D eigenvalue weighted by molar-refractivity contribution is -0.124. The van der Waals surface area contributed by atoms with E-state index < -0.39 is 11.5 Å². The van der Waals surface area contributed by atoms with Crippen LogP contribution in [0, 0.1) is 5.92 Å². The minimum Gasteiger partial charge on any atom is -0.478 e. The van der Waals surface area contributed by atoms with Crippen LogP contribution in [0.25, 0.3) is 11.5 Å². The minimum absolute atomic E-state index is 0.0302. The SMILES string of the molecule is CC(C)C1(C)N=C(c2nc(-c3ccco3)ccc2C(=O)O)NC1=O.CC(C)N. The Balaban J connectivity index is 0.000000640. The van der Waals surface area contributed by atoms with Crippen molar-refractivity contribution in [3.8, 4) is 11.5 Å². The number of aliphatic imine (C=N–C) groups is 1. The van der Waals surface area contributed by atoms with Gasteiger partial charge in [0.15, 0.2) is 11.6 Å². The molecule has 1 atom stereocenters. The molecule has 28 heavy (non-hydrogen) atoms. The lowest BCUT2D eigenvalue weighted by Crippen LogP contribution is -2.41. The highest BCUT2D eigenvalue weighted by molar-refractivity contribution is 6.17. The fourth-order valence-corrected chi connectivity index (χ4v) is 2.42. The number of furan rings is 1. The van der Waals surface area contributed by atoms with E-state index >= 15 is 0 Å². The van der Waals surface area contributed by atoms with Crippen molar-refractivity contribution in [3.63, 3.8) is 0 Å². The summed E-state index contributed by atoms with van der Waals surface area (Å²) in [5, 5.41) is 12.1. The molecule has 1 amide bonds. The quantitative estimate of drug-likeness (QED) is 0.740. The molecule has 8 heteroatoms. The molecule has 1 unspecified atom stereocenters. The van der Waals surface area contributed by atoms with Crippen LogP contribution in [-0.4, -0.2) is 39.4 Å². The number of pyridine rings is 1. The molecule has 3 heterocycles. The summed E-state index contributed by atoms with van der Waals surface area (Å²) in [4.78, 5) is 32.6. The van der Waals surface area contributed by atoms with Crippen LogP contribution in [0.3, 0.4) is 0 Å². The number of carbonyl (C=O) groups is 2. The number of carboxylic acids is 1. The Morgan fingerprint density at radius 2 is 1.89 bits per heavy atom. The van der Waals surface area contributed by atoms with Crippen molar-refractivity contribution in [2.75, 3.05) is 0 Å². The standard InChI is InChI=1S/C17H17N3O4.C3H9N/c1-9(2)17(3)16(23)19-14(20-17)13-10(15(21)22)6-7-11(18-13)12-5-4-8-24-12;1-3(2)4/h4-9H,1-3H3,(H,21,22)(H,19,20,23);3H,4H2,1-2H3. The molecule has 0 saturated heterocycles. The number of nitrogens with zero attached hydrogens (tertiary/aromatic N) is 2. The second-order valence-corrected chi connectivity index (χ2v) is 7.34. The van der Waals surface area contributed by atoms with Gasteiger partial charge in [-0.3, -0.25) is 4.79 Å². The maximum atomic E-state index is 12.3. The normalized spacial score (nSPS) is 18.6. The monoisotopic (exact) mass is 386 g/mol. The summed E-state index contributed by atoms with van der Waals surface area (Å²) in [6.45, 7) is 9.38. The minimum atomic E-state index is -1.14. The number of amides is 1. The van der Waals surface area contributed by atoms with E-state index in [2.05, 4.69) is 15.3 Å². The second-order valence-electron chi connectivity index (χ2n) is 7.34. The first-order valence-corrected chi connectivity index (χ1v) is 9.01. The summed E-state index contributed by atoms with van der Waals surface area (Å²) in [5.41, 5.74) is 4.72. The summed E-state index contributed by atoms with van der Waals surface area (Å²) in [7, 11) is 0. The molecule has 0 aromatic carbocycles. The van der Waals surface area contributed by atoms with Crippen LogP contribution in [0.4, 0.5) is 0 Å². The molecule has 1 aliphatic heterocycles. The van der Waals surface area contributed by atoms with Gasteiger partial charge in [-0.05, 0) is 43.1 Å². The van der Waals surface area contributed by atoms with Gasteiger partial charge in [-0.2, -0.15) is 0 Å². The topological polar surface area (TPSA) is 131 Å². The summed E-state index contributed by atoms with van der Waals surface area (Å²) < 4.78 is 5.30. The lowest BCUT2D eigenvalue weighted by Gasteiger charge is -2.21. The number of carboxylic acid groups (broad SMARTS) is 1. The van der Waals surface area contributed by atoms with E-state index in [4.69, 9.17) is 10.2 Å². The van der Waals surface area contributed by atoms with E-state index in [0.29, 0.717) is 17.5 Å². The summed E-state index contributed by atoms with van der Waals surface area (Å²) in [6.07, 6.45) is 1.51. The largest absolute Gasteiger partial charge is 0.478 e. The number of aromatic nitrogens is 1. The number of hydrogen-bond donors (Lipinski definition) is 3. The predicted molar refractivity (Wildman–Crippen MR) is 106 cm³/mol. The number of nitrogens with one attached hydrogen (secondary N) is 1. The molecule has 8 nitrogen and oxygen atoms in total. The van der Waals surface area contributed by atoms with Crippen molar-refractivity contribution >= 4 is 17.7 Å². The first-order valence-electron chi connectivity index (χ1n) is 9.01. The number of carbonyl (C=O) groups excluding carboxylic acids is 1. The zero-order valence-electron chi connectivity index (χ0n) is 16.7. The molecular weight excluding hydrogens is 360 g/mol. The predicted octanol–water partition coefficient (Wildman–Crippen LogP) is 2.68. The molecule has 0 spiro atoms. The Labute approximate surface area is 163 Å². The smallest absolute Gasteiger partial charge is 0.338 e. The van der Waals surface area contributed by atoms with Crippen molar-refractivity contribution in [2.24, 2.45) is 16.6 Å². The molecule has 0 bridgehead atoms. The van der Waals surface area contributed by atoms with E-state index in [1.165, 1.54) is 12.3 Å². The summed E-state index contributed by atoms with van der Waals surface area (Å²) in [6, 6.07) is 6.76. The molecule has 0 aliphatic carbocycles. The van der Waals surface area contributed by atoms with Crippen molar-refractivity contribution in [3.05, 3.63) is 41.8 Å². The molecule has 150 valence electrons. The van der Waals surface area contributed by atoms with Crippen LogP contribution >= 0.6 is 0 Å². The van der Waals surface area contributed by atoms with Crippen LogP contribution in [0.5, 0.6) is 0 Å². The number of rotatable bonds is 4. The van der Waals surface area contributed by atoms with Gasteiger partial charge in [0.1, 0.15) is 16.9 Å². The molecule has 0 radical (unpaired) electrons. The highest BCUT2D eigenvalue weighted by Crippen LogP contribution is 2.28. The van der Waals surface area contributed by atoms with Crippen LogP contribution in [-0.2, 0) is 4.79 Å². The third-order valence-corrected chi connectivity index (χ3v) is 4.28. The van der Waals surface area contributed by atoms with E-state index in [1.54, 1.807) is 25.1 Å². The van der Waals surface area contributed by atoms with Crippen molar-refractivity contribution < 1.29 is 19.1 Å².